The van der Waals surface area contributed by atoms with Gasteiger partial charge in [-0.3, -0.25) is 4.79 Å². The highest BCUT2D eigenvalue weighted by Gasteiger charge is 2.18. The summed E-state index contributed by atoms with van der Waals surface area (Å²) in [5.41, 5.74) is 2.53. The van der Waals surface area contributed by atoms with Gasteiger partial charge < -0.3 is 14.8 Å². The molecule has 4 aromatic rings. The highest BCUT2D eigenvalue weighted by molar-refractivity contribution is 5.92. The summed E-state index contributed by atoms with van der Waals surface area (Å²) in [7, 11) is 0. The van der Waals surface area contributed by atoms with Crippen LogP contribution >= 0.6 is 0 Å². The van der Waals surface area contributed by atoms with Gasteiger partial charge in [0, 0.05) is 17.3 Å². The summed E-state index contributed by atoms with van der Waals surface area (Å²) < 4.78 is 1.44. The second-order valence-electron chi connectivity index (χ2n) is 8.03. The number of hydrogen-bond donors (Lipinski definition) is 3. The van der Waals surface area contributed by atoms with Gasteiger partial charge in [0.05, 0.1) is 17.7 Å². The molecule has 10 nitrogen and oxygen atoms in total. The SMILES string of the molecule is CCCCc1cc(C(=O)O)cc(=O)n1Cc1ccc(-c2ccccc2-c2nn[nH]n2)cc1C(=O)O. The third kappa shape index (κ3) is 5.01. The van der Waals surface area contributed by atoms with Crippen molar-refractivity contribution < 1.29 is 19.8 Å². The number of nitrogens with one attached hydrogen (secondary N) is 1. The van der Waals surface area contributed by atoms with E-state index in [1.54, 1.807) is 18.2 Å². The van der Waals surface area contributed by atoms with Crippen molar-refractivity contribution in [2.45, 2.75) is 32.7 Å². The minimum absolute atomic E-state index is 0.00613. The Morgan fingerprint density at radius 2 is 1.77 bits per heavy atom. The van der Waals surface area contributed by atoms with Gasteiger partial charge in [-0.05, 0) is 46.9 Å². The fourth-order valence-electron chi connectivity index (χ4n) is 3.98. The topological polar surface area (TPSA) is 151 Å². The van der Waals surface area contributed by atoms with Crippen molar-refractivity contribution in [2.24, 2.45) is 0 Å². The molecule has 0 saturated carbocycles. The highest BCUT2D eigenvalue weighted by atomic mass is 16.4. The zero-order valence-electron chi connectivity index (χ0n) is 18.9. The smallest absolute Gasteiger partial charge is 0.336 e. The number of tetrazole rings is 1. The van der Waals surface area contributed by atoms with Gasteiger partial charge in [-0.15, -0.1) is 10.2 Å². The molecule has 2 aromatic heterocycles. The lowest BCUT2D eigenvalue weighted by molar-refractivity contribution is 0.0685. The summed E-state index contributed by atoms with van der Waals surface area (Å²) in [6, 6.07) is 14.9. The monoisotopic (exact) mass is 473 g/mol. The lowest BCUT2D eigenvalue weighted by Gasteiger charge is -2.16. The molecule has 0 aliphatic carbocycles. The number of aromatic carboxylic acids is 2. The first kappa shape index (κ1) is 23.6. The van der Waals surface area contributed by atoms with Crippen LogP contribution in [0.2, 0.25) is 0 Å². The van der Waals surface area contributed by atoms with E-state index in [0.29, 0.717) is 34.6 Å². The summed E-state index contributed by atoms with van der Waals surface area (Å²) in [6.45, 7) is 2.00. The van der Waals surface area contributed by atoms with Gasteiger partial charge in [0.15, 0.2) is 0 Å². The second kappa shape index (κ2) is 10.1. The molecule has 0 radical (unpaired) electrons. The van der Waals surface area contributed by atoms with E-state index < -0.39 is 17.5 Å². The molecule has 3 N–H and O–H groups in total. The summed E-state index contributed by atoms with van der Waals surface area (Å²) in [6.07, 6.45) is 2.13. The second-order valence-corrected chi connectivity index (χ2v) is 8.03. The van der Waals surface area contributed by atoms with Crippen LogP contribution in [-0.2, 0) is 13.0 Å². The van der Waals surface area contributed by atoms with Crippen LogP contribution in [0.25, 0.3) is 22.5 Å². The van der Waals surface area contributed by atoms with Crippen molar-refractivity contribution >= 4 is 11.9 Å². The molecule has 0 spiro atoms. The molecule has 0 saturated heterocycles. The molecule has 35 heavy (non-hydrogen) atoms. The van der Waals surface area contributed by atoms with Crippen LogP contribution in [0.15, 0.2) is 59.4 Å². The van der Waals surface area contributed by atoms with Gasteiger partial charge in [-0.1, -0.05) is 49.7 Å². The van der Waals surface area contributed by atoms with Crippen LogP contribution in [0.4, 0.5) is 0 Å². The Bertz CT molecular complexity index is 1440. The summed E-state index contributed by atoms with van der Waals surface area (Å²) >= 11 is 0. The number of hydrogen-bond acceptors (Lipinski definition) is 6. The van der Waals surface area contributed by atoms with Crippen molar-refractivity contribution in [1.82, 2.24) is 25.2 Å². The summed E-state index contributed by atoms with van der Waals surface area (Å²) in [5, 5.41) is 33.4. The largest absolute Gasteiger partial charge is 0.478 e. The van der Waals surface area contributed by atoms with Gasteiger partial charge >= 0.3 is 11.9 Å². The molecule has 0 aliphatic heterocycles. The van der Waals surface area contributed by atoms with Crippen LogP contribution < -0.4 is 5.56 Å². The van der Waals surface area contributed by atoms with Crippen molar-refractivity contribution in [3.05, 3.63) is 87.3 Å². The predicted molar refractivity (Wildman–Crippen MR) is 127 cm³/mol. The standard InChI is InChI=1S/C25H23N5O5/c1-2-3-6-18-11-17(24(32)33)13-22(31)30(18)14-16-10-9-15(12-21(16)25(34)35)19-7-4-5-8-20(19)23-26-28-29-27-23/h4-5,7-13H,2-3,6,14H2,1H3,(H,32,33)(H,34,35)(H,26,27,28,29). The molecular formula is C25H23N5O5. The lowest BCUT2D eigenvalue weighted by atomic mass is 9.95. The van der Waals surface area contributed by atoms with E-state index in [-0.39, 0.29) is 17.7 Å². The lowest BCUT2D eigenvalue weighted by Crippen LogP contribution is -2.26. The van der Waals surface area contributed by atoms with Crippen molar-refractivity contribution in [3.8, 4) is 22.5 Å². The number of aryl methyl sites for hydroxylation is 1. The number of carboxylic acids is 2. The van der Waals surface area contributed by atoms with E-state index in [2.05, 4.69) is 20.6 Å². The molecule has 2 aromatic carbocycles. The molecule has 0 aliphatic rings. The zero-order chi connectivity index (χ0) is 24.9. The number of carboxylic acid groups (broad SMARTS) is 2. The van der Waals surface area contributed by atoms with Crippen LogP contribution in [0, 0.1) is 0 Å². The first-order chi connectivity index (χ1) is 16.9. The predicted octanol–water partition coefficient (Wildman–Crippen LogP) is 3.48. The molecule has 0 unspecified atom stereocenters. The Balaban J connectivity index is 1.78. The number of carbonyl (C=O) groups is 2. The quantitative estimate of drug-likeness (QED) is 0.334. The Morgan fingerprint density at radius 3 is 2.43 bits per heavy atom. The van der Waals surface area contributed by atoms with Crippen LogP contribution in [-0.4, -0.2) is 47.3 Å². The molecule has 0 fully saturated rings. The van der Waals surface area contributed by atoms with E-state index in [0.717, 1.165) is 24.5 Å². The molecule has 0 atom stereocenters. The van der Waals surface area contributed by atoms with Crippen LogP contribution in [0.5, 0.6) is 0 Å². The highest BCUT2D eigenvalue weighted by Crippen LogP contribution is 2.31. The van der Waals surface area contributed by atoms with E-state index in [9.17, 15) is 24.6 Å². The van der Waals surface area contributed by atoms with Crippen LogP contribution in [0.3, 0.4) is 0 Å². The van der Waals surface area contributed by atoms with E-state index in [4.69, 9.17) is 0 Å². The van der Waals surface area contributed by atoms with E-state index in [1.807, 2.05) is 31.2 Å². The average molecular weight is 473 g/mol. The molecule has 2 heterocycles. The van der Waals surface area contributed by atoms with Gasteiger partial charge in [-0.2, -0.15) is 5.21 Å². The van der Waals surface area contributed by atoms with Crippen LogP contribution in [0.1, 0.15) is 51.7 Å². The number of benzene rings is 2. The Kier molecular flexibility index (Phi) is 6.81. The summed E-state index contributed by atoms with van der Waals surface area (Å²) in [4.78, 5) is 36.4. The van der Waals surface area contributed by atoms with Crippen molar-refractivity contribution in [2.75, 3.05) is 0 Å². The van der Waals surface area contributed by atoms with Gasteiger partial charge in [-0.25, -0.2) is 9.59 Å². The maximum Gasteiger partial charge on any atom is 0.336 e. The minimum Gasteiger partial charge on any atom is -0.478 e. The minimum atomic E-state index is -1.18. The zero-order valence-corrected chi connectivity index (χ0v) is 18.9. The van der Waals surface area contributed by atoms with E-state index in [1.165, 1.54) is 10.6 Å². The fourth-order valence-corrected chi connectivity index (χ4v) is 3.98. The maximum absolute atomic E-state index is 12.8. The first-order valence-corrected chi connectivity index (χ1v) is 11.1. The number of aromatic amines is 1. The summed E-state index contributed by atoms with van der Waals surface area (Å²) in [5.74, 6) is -1.93. The van der Waals surface area contributed by atoms with Gasteiger partial charge in [0.25, 0.3) is 5.56 Å². The first-order valence-electron chi connectivity index (χ1n) is 11.1. The molecule has 0 bridgehead atoms. The van der Waals surface area contributed by atoms with Gasteiger partial charge in [0.2, 0.25) is 5.82 Å². The van der Waals surface area contributed by atoms with Crippen molar-refractivity contribution in [1.29, 1.82) is 0 Å². The van der Waals surface area contributed by atoms with E-state index >= 15 is 0 Å². The fraction of sp³-hybridized carbons (Fsp3) is 0.200. The number of rotatable bonds is 9. The molecule has 4 rings (SSSR count). The Hall–Kier alpha value is -4.60. The molecule has 0 amide bonds. The number of aromatic nitrogens is 5. The average Bonchev–Trinajstić information content (AvgIpc) is 3.39. The van der Waals surface area contributed by atoms with Gasteiger partial charge in [0.1, 0.15) is 0 Å². The normalized spacial score (nSPS) is 10.9. The number of pyridine rings is 1. The third-order valence-corrected chi connectivity index (χ3v) is 5.74. The third-order valence-electron chi connectivity index (χ3n) is 5.74. The Morgan fingerprint density at radius 1 is 1.00 bits per heavy atom. The number of nitrogens with zero attached hydrogens (tertiary/aromatic N) is 4. The maximum atomic E-state index is 12.8. The Labute approximate surface area is 199 Å². The number of H-pyrrole nitrogens is 1. The molecule has 10 heteroatoms. The molecular weight excluding hydrogens is 450 g/mol. The number of unbranched alkanes of at least 4 members (excludes halogenated alkanes) is 1. The van der Waals surface area contributed by atoms with Crippen molar-refractivity contribution in [3.63, 3.8) is 0 Å². The molecule has 178 valence electrons.